The maximum absolute atomic E-state index is 6.01. The molecule has 0 saturated carbocycles. The van der Waals surface area contributed by atoms with Gasteiger partial charge in [-0.05, 0) is 51.7 Å². The summed E-state index contributed by atoms with van der Waals surface area (Å²) in [7, 11) is 0. The molecule has 1 saturated heterocycles. The number of rotatable bonds is 16. The fourth-order valence-corrected chi connectivity index (χ4v) is 4.98. The van der Waals surface area contributed by atoms with Gasteiger partial charge in [-0.2, -0.15) is 0 Å². The van der Waals surface area contributed by atoms with Gasteiger partial charge < -0.3 is 19.1 Å². The van der Waals surface area contributed by atoms with Gasteiger partial charge in [-0.25, -0.2) is 0 Å². The van der Waals surface area contributed by atoms with E-state index >= 15 is 0 Å². The average molecular weight is 513 g/mol. The van der Waals surface area contributed by atoms with Gasteiger partial charge in [-0.3, -0.25) is 4.90 Å². The van der Waals surface area contributed by atoms with Gasteiger partial charge in [0.25, 0.3) is 0 Å². The van der Waals surface area contributed by atoms with Gasteiger partial charge in [0.05, 0.1) is 33.0 Å². The number of ether oxygens (including phenoxy) is 3. The van der Waals surface area contributed by atoms with Crippen LogP contribution >= 0.6 is 0 Å². The molecule has 0 spiro atoms. The van der Waals surface area contributed by atoms with Crippen LogP contribution in [-0.4, -0.2) is 88.7 Å². The summed E-state index contributed by atoms with van der Waals surface area (Å²) in [6, 6.07) is 0. The van der Waals surface area contributed by atoms with E-state index in [-0.39, 0.29) is 0 Å². The maximum atomic E-state index is 6.01. The van der Waals surface area contributed by atoms with E-state index in [1.54, 1.807) is 0 Å². The second-order valence-electron chi connectivity index (χ2n) is 10.8. The molecular weight excluding hydrogens is 448 g/mol. The molecule has 0 unspecified atom stereocenters. The smallest absolute Gasteiger partial charge is 0.0701 e. The van der Waals surface area contributed by atoms with Gasteiger partial charge >= 0.3 is 0 Å². The minimum atomic E-state index is 0.708. The van der Waals surface area contributed by atoms with Crippen LogP contribution in [0.3, 0.4) is 0 Å². The molecule has 0 aromatic carbocycles. The normalized spacial score (nSPS) is 19.2. The van der Waals surface area contributed by atoms with Crippen LogP contribution in [0.25, 0.3) is 0 Å². The quantitative estimate of drug-likeness (QED) is 0.202. The van der Waals surface area contributed by atoms with Crippen molar-refractivity contribution >= 4 is 0 Å². The second kappa shape index (κ2) is 27.8. The average Bonchev–Trinajstić information content (AvgIpc) is 2.89. The summed E-state index contributed by atoms with van der Waals surface area (Å²) in [6.45, 7) is 16.1. The van der Waals surface area contributed by atoms with E-state index < -0.39 is 0 Å². The standard InChI is InChI=1S/C31H64N2O3/c1-3-5-7-9-11-13-16-20-32-21-18-15-19-26-34-27-24-33(22-17-14-12-10-8-6-4-2)25-29-36-31-30-35-28-23-32/h3-31H2,1-2H3. The summed E-state index contributed by atoms with van der Waals surface area (Å²) < 4.78 is 17.8. The van der Waals surface area contributed by atoms with Crippen LogP contribution in [0, 0.1) is 0 Å². The molecule has 36 heavy (non-hydrogen) atoms. The van der Waals surface area contributed by atoms with Crippen LogP contribution in [0.4, 0.5) is 0 Å². The molecule has 1 aliphatic heterocycles. The van der Waals surface area contributed by atoms with Crippen molar-refractivity contribution < 1.29 is 14.2 Å². The summed E-state index contributed by atoms with van der Waals surface area (Å²) in [5.41, 5.74) is 0. The third-order valence-corrected chi connectivity index (χ3v) is 7.45. The van der Waals surface area contributed by atoms with Crippen LogP contribution in [0.5, 0.6) is 0 Å². The third-order valence-electron chi connectivity index (χ3n) is 7.45. The van der Waals surface area contributed by atoms with E-state index in [9.17, 15) is 0 Å². The van der Waals surface area contributed by atoms with Gasteiger partial charge in [0.2, 0.25) is 0 Å². The van der Waals surface area contributed by atoms with Crippen molar-refractivity contribution in [3.8, 4) is 0 Å². The Kier molecular flexibility index (Phi) is 26.1. The van der Waals surface area contributed by atoms with Crippen LogP contribution in [0.15, 0.2) is 0 Å². The van der Waals surface area contributed by atoms with Gasteiger partial charge in [0, 0.05) is 26.2 Å². The first-order valence-electron chi connectivity index (χ1n) is 16.0. The molecule has 0 amide bonds. The zero-order valence-corrected chi connectivity index (χ0v) is 24.6. The van der Waals surface area contributed by atoms with Crippen molar-refractivity contribution in [2.45, 2.75) is 123 Å². The minimum absolute atomic E-state index is 0.708. The third kappa shape index (κ3) is 23.0. The van der Waals surface area contributed by atoms with Gasteiger partial charge in [0.15, 0.2) is 0 Å². The minimum Gasteiger partial charge on any atom is -0.380 e. The monoisotopic (exact) mass is 512 g/mol. The van der Waals surface area contributed by atoms with E-state index in [0.29, 0.717) is 13.2 Å². The molecule has 0 atom stereocenters. The fraction of sp³-hybridized carbons (Fsp3) is 1.00. The molecular formula is C31H64N2O3. The van der Waals surface area contributed by atoms with Crippen molar-refractivity contribution in [3.05, 3.63) is 0 Å². The zero-order valence-electron chi connectivity index (χ0n) is 24.6. The Morgan fingerprint density at radius 1 is 0.389 bits per heavy atom. The Morgan fingerprint density at radius 3 is 1.31 bits per heavy atom. The fourth-order valence-electron chi connectivity index (χ4n) is 4.98. The number of unbranched alkanes of at least 4 members (excludes halogenated alkanes) is 12. The van der Waals surface area contributed by atoms with Crippen LogP contribution in [-0.2, 0) is 14.2 Å². The molecule has 5 nitrogen and oxygen atoms in total. The van der Waals surface area contributed by atoms with E-state index in [4.69, 9.17) is 14.2 Å². The van der Waals surface area contributed by atoms with E-state index in [1.165, 1.54) is 129 Å². The molecule has 1 heterocycles. The molecule has 0 bridgehead atoms. The van der Waals surface area contributed by atoms with Crippen molar-refractivity contribution in [3.63, 3.8) is 0 Å². The molecule has 1 aliphatic rings. The summed E-state index contributed by atoms with van der Waals surface area (Å²) >= 11 is 0. The molecule has 0 N–H and O–H groups in total. The van der Waals surface area contributed by atoms with E-state index in [0.717, 1.165) is 46.1 Å². The van der Waals surface area contributed by atoms with Crippen LogP contribution < -0.4 is 0 Å². The largest absolute Gasteiger partial charge is 0.380 e. The summed E-state index contributed by atoms with van der Waals surface area (Å²) in [5, 5.41) is 0. The Hall–Kier alpha value is -0.200. The highest BCUT2D eigenvalue weighted by atomic mass is 16.5. The van der Waals surface area contributed by atoms with E-state index in [2.05, 4.69) is 23.6 Å². The van der Waals surface area contributed by atoms with Crippen LogP contribution in [0.1, 0.15) is 123 Å². The van der Waals surface area contributed by atoms with Crippen molar-refractivity contribution in [2.75, 3.05) is 78.9 Å². The lowest BCUT2D eigenvalue weighted by atomic mass is 10.1. The Labute approximate surface area is 226 Å². The van der Waals surface area contributed by atoms with Crippen molar-refractivity contribution in [1.82, 2.24) is 9.80 Å². The molecule has 1 rings (SSSR count). The molecule has 0 aromatic heterocycles. The first-order chi connectivity index (χ1) is 17.9. The molecule has 0 aliphatic carbocycles. The Balaban J connectivity index is 2.23. The van der Waals surface area contributed by atoms with Gasteiger partial charge in [-0.1, -0.05) is 90.9 Å². The van der Waals surface area contributed by atoms with Crippen molar-refractivity contribution in [2.24, 2.45) is 0 Å². The first kappa shape index (κ1) is 33.8. The predicted molar refractivity (Wildman–Crippen MR) is 155 cm³/mol. The molecule has 0 aromatic rings. The highest BCUT2D eigenvalue weighted by molar-refractivity contribution is 4.61. The lowest BCUT2D eigenvalue weighted by Gasteiger charge is -2.23. The molecule has 1 fully saturated rings. The number of hydrogen-bond acceptors (Lipinski definition) is 5. The molecule has 0 radical (unpaired) electrons. The summed E-state index contributed by atoms with van der Waals surface area (Å²) in [4.78, 5) is 5.16. The SMILES string of the molecule is CCCCCCCCCN1CCCCCOCCN(CCCCCCCCC)CCOCCOCC1. The number of hydrogen-bond donors (Lipinski definition) is 0. The van der Waals surface area contributed by atoms with Gasteiger partial charge in [0.1, 0.15) is 0 Å². The maximum Gasteiger partial charge on any atom is 0.0701 e. The second-order valence-corrected chi connectivity index (χ2v) is 10.8. The van der Waals surface area contributed by atoms with E-state index in [1.807, 2.05) is 0 Å². The van der Waals surface area contributed by atoms with Crippen LogP contribution in [0.2, 0.25) is 0 Å². The van der Waals surface area contributed by atoms with Crippen molar-refractivity contribution in [1.29, 1.82) is 0 Å². The predicted octanol–water partition coefficient (Wildman–Crippen LogP) is 7.33. The summed E-state index contributed by atoms with van der Waals surface area (Å²) in [6.07, 6.45) is 22.9. The highest BCUT2D eigenvalue weighted by Crippen LogP contribution is 2.10. The first-order valence-corrected chi connectivity index (χ1v) is 16.0. The lowest BCUT2D eigenvalue weighted by molar-refractivity contribution is 0.0257. The lowest BCUT2D eigenvalue weighted by Crippen LogP contribution is -2.33. The topological polar surface area (TPSA) is 34.2 Å². The molecule has 5 heteroatoms. The number of nitrogens with zero attached hydrogens (tertiary/aromatic N) is 2. The van der Waals surface area contributed by atoms with Gasteiger partial charge in [-0.15, -0.1) is 0 Å². The Bertz CT molecular complexity index is 367. The zero-order chi connectivity index (χ0) is 25.8. The highest BCUT2D eigenvalue weighted by Gasteiger charge is 2.08. The Morgan fingerprint density at radius 2 is 0.806 bits per heavy atom. The molecule has 216 valence electrons. The summed E-state index contributed by atoms with van der Waals surface area (Å²) in [5.74, 6) is 0.